The fourth-order valence-corrected chi connectivity index (χ4v) is 3.16. The van der Waals surface area contributed by atoms with Crippen molar-refractivity contribution in [2.45, 2.75) is 52.2 Å². The predicted octanol–water partition coefficient (Wildman–Crippen LogP) is 4.87. The molecule has 0 unspecified atom stereocenters. The van der Waals surface area contributed by atoms with E-state index in [9.17, 15) is 9.59 Å². The number of nitrogens with one attached hydrogen (secondary N) is 1. The fraction of sp³-hybridized carbons (Fsp3) is 0.364. The summed E-state index contributed by atoms with van der Waals surface area (Å²) in [6.45, 7) is 5.92. The molecular formula is C22H26Cl2N2O2. The predicted molar refractivity (Wildman–Crippen MR) is 115 cm³/mol. The zero-order valence-corrected chi connectivity index (χ0v) is 17.9. The van der Waals surface area contributed by atoms with Crippen LogP contribution in [0, 0.1) is 0 Å². The highest BCUT2D eigenvalue weighted by molar-refractivity contribution is 6.31. The van der Waals surface area contributed by atoms with Crippen molar-refractivity contribution in [2.24, 2.45) is 0 Å². The molecular weight excluding hydrogens is 395 g/mol. The molecule has 2 atom stereocenters. The lowest BCUT2D eigenvalue weighted by molar-refractivity contribution is -0.140. The molecule has 0 spiro atoms. The number of benzene rings is 2. The Morgan fingerprint density at radius 2 is 1.50 bits per heavy atom. The molecule has 28 heavy (non-hydrogen) atoms. The van der Waals surface area contributed by atoms with Crippen LogP contribution in [0.15, 0.2) is 48.5 Å². The highest BCUT2D eigenvalue weighted by atomic mass is 35.5. The third-order valence-electron chi connectivity index (χ3n) is 4.77. The van der Waals surface area contributed by atoms with Crippen LogP contribution >= 0.6 is 23.2 Å². The van der Waals surface area contributed by atoms with Crippen LogP contribution in [-0.4, -0.2) is 28.8 Å². The second-order valence-corrected chi connectivity index (χ2v) is 7.69. The number of carbonyl (C=O) groups is 2. The molecule has 0 fully saturated rings. The SMILES string of the molecule is CC[C@@H](C)NC(=O)[C@@H](C)N(Cc1ccccc1Cl)C(=O)Cc1ccccc1Cl. The van der Waals surface area contributed by atoms with Gasteiger partial charge in [0.15, 0.2) is 0 Å². The van der Waals surface area contributed by atoms with E-state index in [0.29, 0.717) is 10.0 Å². The largest absolute Gasteiger partial charge is 0.352 e. The summed E-state index contributed by atoms with van der Waals surface area (Å²) in [5.41, 5.74) is 1.52. The molecule has 0 saturated carbocycles. The molecule has 2 aromatic carbocycles. The summed E-state index contributed by atoms with van der Waals surface area (Å²) in [6, 6.07) is 14.0. The Balaban J connectivity index is 2.26. The average molecular weight is 421 g/mol. The first-order valence-electron chi connectivity index (χ1n) is 9.40. The number of nitrogens with zero attached hydrogens (tertiary/aromatic N) is 1. The average Bonchev–Trinajstić information content (AvgIpc) is 2.68. The first kappa shape index (κ1) is 22.3. The molecule has 0 heterocycles. The third kappa shape index (κ3) is 5.98. The number of hydrogen-bond donors (Lipinski definition) is 1. The van der Waals surface area contributed by atoms with Crippen molar-refractivity contribution in [3.8, 4) is 0 Å². The Labute approximate surface area is 176 Å². The van der Waals surface area contributed by atoms with Crippen molar-refractivity contribution < 1.29 is 9.59 Å². The lowest BCUT2D eigenvalue weighted by Crippen LogP contribution is -2.50. The van der Waals surface area contributed by atoms with Gasteiger partial charge in [-0.05, 0) is 43.5 Å². The summed E-state index contributed by atoms with van der Waals surface area (Å²) in [7, 11) is 0. The number of halogens is 2. The van der Waals surface area contributed by atoms with Crippen LogP contribution < -0.4 is 5.32 Å². The van der Waals surface area contributed by atoms with Crippen LogP contribution in [0.3, 0.4) is 0 Å². The number of rotatable bonds is 8. The first-order valence-corrected chi connectivity index (χ1v) is 10.2. The molecule has 6 heteroatoms. The molecule has 150 valence electrons. The van der Waals surface area contributed by atoms with Crippen molar-refractivity contribution in [3.05, 3.63) is 69.7 Å². The van der Waals surface area contributed by atoms with Crippen LogP contribution in [0.4, 0.5) is 0 Å². The van der Waals surface area contributed by atoms with E-state index in [2.05, 4.69) is 5.32 Å². The number of hydrogen-bond acceptors (Lipinski definition) is 2. The Hall–Kier alpha value is -2.04. The Bertz CT molecular complexity index is 826. The molecule has 0 aliphatic carbocycles. The standard InChI is InChI=1S/C22H26Cl2N2O2/c1-4-15(2)25-22(28)16(3)26(14-18-10-6-8-12-20(18)24)21(27)13-17-9-5-7-11-19(17)23/h5-12,15-16H,4,13-14H2,1-3H3,(H,25,28)/t15-,16-/m1/s1. The van der Waals surface area contributed by atoms with Crippen molar-refractivity contribution in [1.82, 2.24) is 10.2 Å². The Morgan fingerprint density at radius 1 is 0.964 bits per heavy atom. The molecule has 0 radical (unpaired) electrons. The molecule has 4 nitrogen and oxygen atoms in total. The van der Waals surface area contributed by atoms with E-state index in [4.69, 9.17) is 23.2 Å². The monoisotopic (exact) mass is 420 g/mol. The minimum Gasteiger partial charge on any atom is -0.352 e. The van der Waals surface area contributed by atoms with Crippen LogP contribution in [0.2, 0.25) is 10.0 Å². The topological polar surface area (TPSA) is 49.4 Å². The Kier molecular flexibility index (Phi) is 8.34. The maximum absolute atomic E-state index is 13.1. The molecule has 2 rings (SSSR count). The van der Waals surface area contributed by atoms with Crippen molar-refractivity contribution in [2.75, 3.05) is 0 Å². The number of carbonyl (C=O) groups excluding carboxylic acids is 2. The van der Waals surface area contributed by atoms with Crippen LogP contribution in [0.5, 0.6) is 0 Å². The van der Waals surface area contributed by atoms with Crippen LogP contribution in [0.25, 0.3) is 0 Å². The first-order chi connectivity index (χ1) is 13.3. The summed E-state index contributed by atoms with van der Waals surface area (Å²) in [4.78, 5) is 27.4. The number of amides is 2. The van der Waals surface area contributed by atoms with E-state index in [-0.39, 0.29) is 30.8 Å². The zero-order chi connectivity index (χ0) is 20.7. The van der Waals surface area contributed by atoms with Crippen LogP contribution in [0.1, 0.15) is 38.3 Å². The fourth-order valence-electron chi connectivity index (χ4n) is 2.76. The van der Waals surface area contributed by atoms with Gasteiger partial charge in [0.2, 0.25) is 11.8 Å². The van der Waals surface area contributed by atoms with Gasteiger partial charge >= 0.3 is 0 Å². The molecule has 0 bridgehead atoms. The van der Waals surface area contributed by atoms with E-state index in [1.807, 2.05) is 50.2 Å². The normalized spacial score (nSPS) is 12.9. The smallest absolute Gasteiger partial charge is 0.242 e. The molecule has 2 aromatic rings. The third-order valence-corrected chi connectivity index (χ3v) is 5.50. The molecule has 0 saturated heterocycles. The highest BCUT2D eigenvalue weighted by Crippen LogP contribution is 2.21. The summed E-state index contributed by atoms with van der Waals surface area (Å²) >= 11 is 12.5. The quantitative estimate of drug-likeness (QED) is 0.661. The van der Waals surface area contributed by atoms with Gasteiger partial charge in [0.05, 0.1) is 6.42 Å². The van der Waals surface area contributed by atoms with E-state index in [1.54, 1.807) is 24.0 Å². The molecule has 0 aromatic heterocycles. The highest BCUT2D eigenvalue weighted by Gasteiger charge is 2.27. The summed E-state index contributed by atoms with van der Waals surface area (Å²) in [6.07, 6.45) is 0.932. The second kappa shape index (κ2) is 10.5. The second-order valence-electron chi connectivity index (χ2n) is 6.88. The van der Waals surface area contributed by atoms with E-state index in [1.165, 1.54) is 0 Å². The lowest BCUT2D eigenvalue weighted by atomic mass is 10.1. The van der Waals surface area contributed by atoms with Crippen LogP contribution in [-0.2, 0) is 22.6 Å². The summed E-state index contributed by atoms with van der Waals surface area (Å²) < 4.78 is 0. The van der Waals surface area contributed by atoms with Crippen molar-refractivity contribution in [3.63, 3.8) is 0 Å². The summed E-state index contributed by atoms with van der Waals surface area (Å²) in [5, 5.41) is 4.04. The maximum atomic E-state index is 13.1. The van der Waals surface area contributed by atoms with Gasteiger partial charge in [0.25, 0.3) is 0 Å². The molecule has 0 aliphatic rings. The van der Waals surface area contributed by atoms with Crippen molar-refractivity contribution >= 4 is 35.0 Å². The van der Waals surface area contributed by atoms with E-state index in [0.717, 1.165) is 17.5 Å². The van der Waals surface area contributed by atoms with Gasteiger partial charge in [-0.3, -0.25) is 9.59 Å². The lowest BCUT2D eigenvalue weighted by Gasteiger charge is -2.30. The molecule has 0 aliphatic heterocycles. The van der Waals surface area contributed by atoms with Gasteiger partial charge < -0.3 is 10.2 Å². The van der Waals surface area contributed by atoms with Gasteiger partial charge in [0.1, 0.15) is 6.04 Å². The Morgan fingerprint density at radius 3 is 2.04 bits per heavy atom. The maximum Gasteiger partial charge on any atom is 0.242 e. The van der Waals surface area contributed by atoms with Gasteiger partial charge in [-0.2, -0.15) is 0 Å². The zero-order valence-electron chi connectivity index (χ0n) is 16.4. The van der Waals surface area contributed by atoms with Gasteiger partial charge in [0, 0.05) is 22.6 Å². The molecule has 2 amide bonds. The van der Waals surface area contributed by atoms with Crippen molar-refractivity contribution in [1.29, 1.82) is 0 Å². The van der Waals surface area contributed by atoms with Gasteiger partial charge in [-0.1, -0.05) is 66.5 Å². The minimum atomic E-state index is -0.639. The van der Waals surface area contributed by atoms with Gasteiger partial charge in [-0.15, -0.1) is 0 Å². The minimum absolute atomic E-state index is 0.0378. The van der Waals surface area contributed by atoms with E-state index >= 15 is 0 Å². The van der Waals surface area contributed by atoms with E-state index < -0.39 is 6.04 Å². The molecule has 1 N–H and O–H groups in total. The van der Waals surface area contributed by atoms with Gasteiger partial charge in [-0.25, -0.2) is 0 Å². The summed E-state index contributed by atoms with van der Waals surface area (Å²) in [5.74, 6) is -0.367.